The summed E-state index contributed by atoms with van der Waals surface area (Å²) in [4.78, 5) is 15.8. The van der Waals surface area contributed by atoms with Crippen molar-refractivity contribution in [3.05, 3.63) is 59.4 Å². The lowest BCUT2D eigenvalue weighted by molar-refractivity contribution is 0.0594. The Morgan fingerprint density at radius 1 is 1.21 bits per heavy atom. The summed E-state index contributed by atoms with van der Waals surface area (Å²) >= 11 is 0. The Hall–Kier alpha value is -2.36. The average molecular weight is 257 g/mol. The highest BCUT2D eigenvalue weighted by Gasteiger charge is 2.16. The lowest BCUT2D eigenvalue weighted by atomic mass is 10.2. The molecule has 0 saturated heterocycles. The minimum Gasteiger partial charge on any atom is -0.488 e. The fraction of sp³-hybridized carbons (Fsp3) is 0.200. The smallest absolute Gasteiger partial charge is 0.343 e. The van der Waals surface area contributed by atoms with E-state index >= 15 is 0 Å². The van der Waals surface area contributed by atoms with Crippen LogP contribution in [-0.2, 0) is 11.3 Å². The van der Waals surface area contributed by atoms with Gasteiger partial charge >= 0.3 is 5.97 Å². The fourth-order valence-electron chi connectivity index (χ4n) is 1.75. The summed E-state index contributed by atoms with van der Waals surface area (Å²) in [6.07, 6.45) is 1.61. The van der Waals surface area contributed by atoms with Crippen molar-refractivity contribution in [2.24, 2.45) is 0 Å². The molecule has 2 aromatic rings. The molecule has 0 N–H and O–H groups in total. The molecule has 4 heteroatoms. The van der Waals surface area contributed by atoms with E-state index in [2.05, 4.69) is 4.98 Å². The standard InChI is InChI=1S/C15H15NO3/c1-11-14(15(17)18-2)13(8-9-16-11)19-10-12-6-4-3-5-7-12/h3-9H,10H2,1-2H3. The van der Waals surface area contributed by atoms with Crippen LogP contribution in [0, 0.1) is 6.92 Å². The Bertz CT molecular complexity index is 567. The summed E-state index contributed by atoms with van der Waals surface area (Å²) in [7, 11) is 1.34. The van der Waals surface area contributed by atoms with Gasteiger partial charge in [0.25, 0.3) is 0 Å². The Balaban J connectivity index is 2.21. The number of esters is 1. The maximum Gasteiger partial charge on any atom is 0.343 e. The van der Waals surface area contributed by atoms with E-state index in [1.54, 1.807) is 19.2 Å². The van der Waals surface area contributed by atoms with Gasteiger partial charge in [0.05, 0.1) is 12.8 Å². The van der Waals surface area contributed by atoms with Gasteiger partial charge in [-0.2, -0.15) is 0 Å². The van der Waals surface area contributed by atoms with Gasteiger partial charge in [0, 0.05) is 6.20 Å². The number of methoxy groups -OCH3 is 1. The van der Waals surface area contributed by atoms with Gasteiger partial charge in [0.2, 0.25) is 0 Å². The molecule has 4 nitrogen and oxygen atoms in total. The first-order valence-corrected chi connectivity index (χ1v) is 5.93. The van der Waals surface area contributed by atoms with E-state index in [1.165, 1.54) is 7.11 Å². The number of nitrogens with zero attached hydrogens (tertiary/aromatic N) is 1. The number of aryl methyl sites for hydroxylation is 1. The molecule has 0 fully saturated rings. The summed E-state index contributed by atoms with van der Waals surface area (Å²) in [6.45, 7) is 2.15. The molecular weight excluding hydrogens is 242 g/mol. The van der Waals surface area contributed by atoms with Gasteiger partial charge in [-0.25, -0.2) is 4.79 Å². The number of hydrogen-bond acceptors (Lipinski definition) is 4. The van der Waals surface area contributed by atoms with Crippen LogP contribution in [0.5, 0.6) is 5.75 Å². The van der Waals surface area contributed by atoms with Crippen LogP contribution in [0.15, 0.2) is 42.6 Å². The monoisotopic (exact) mass is 257 g/mol. The molecule has 1 aromatic carbocycles. The van der Waals surface area contributed by atoms with Crippen LogP contribution in [0.4, 0.5) is 0 Å². The molecule has 0 amide bonds. The lowest BCUT2D eigenvalue weighted by Gasteiger charge is -2.11. The summed E-state index contributed by atoms with van der Waals surface area (Å²) in [5.41, 5.74) is 2.01. The Morgan fingerprint density at radius 3 is 2.63 bits per heavy atom. The molecule has 0 aliphatic rings. The first-order valence-electron chi connectivity index (χ1n) is 5.93. The van der Waals surface area contributed by atoms with Crippen LogP contribution in [0.25, 0.3) is 0 Å². The Kier molecular flexibility index (Phi) is 4.13. The zero-order chi connectivity index (χ0) is 13.7. The maximum atomic E-state index is 11.7. The van der Waals surface area contributed by atoms with Gasteiger partial charge in [0.15, 0.2) is 0 Å². The first-order chi connectivity index (χ1) is 9.22. The minimum absolute atomic E-state index is 0.376. The van der Waals surface area contributed by atoms with Gasteiger partial charge in [0.1, 0.15) is 17.9 Å². The number of pyridine rings is 1. The molecule has 0 radical (unpaired) electrons. The predicted molar refractivity (Wildman–Crippen MR) is 71.1 cm³/mol. The van der Waals surface area contributed by atoms with E-state index in [1.807, 2.05) is 30.3 Å². The van der Waals surface area contributed by atoms with Crippen molar-refractivity contribution in [1.29, 1.82) is 0 Å². The van der Waals surface area contributed by atoms with Crippen LogP contribution in [0.3, 0.4) is 0 Å². The van der Waals surface area contributed by atoms with Crippen molar-refractivity contribution >= 4 is 5.97 Å². The van der Waals surface area contributed by atoms with E-state index in [-0.39, 0.29) is 0 Å². The summed E-state index contributed by atoms with van der Waals surface area (Å²) in [5, 5.41) is 0. The van der Waals surface area contributed by atoms with Crippen molar-refractivity contribution in [1.82, 2.24) is 4.98 Å². The van der Waals surface area contributed by atoms with Gasteiger partial charge < -0.3 is 9.47 Å². The van der Waals surface area contributed by atoms with Gasteiger partial charge in [-0.05, 0) is 18.6 Å². The molecule has 0 unspecified atom stereocenters. The first kappa shape index (κ1) is 13.1. The third-order valence-corrected chi connectivity index (χ3v) is 2.73. The molecule has 19 heavy (non-hydrogen) atoms. The predicted octanol–water partition coefficient (Wildman–Crippen LogP) is 2.76. The molecule has 1 aromatic heterocycles. The van der Waals surface area contributed by atoms with Crippen molar-refractivity contribution < 1.29 is 14.3 Å². The fourth-order valence-corrected chi connectivity index (χ4v) is 1.75. The number of rotatable bonds is 4. The zero-order valence-electron chi connectivity index (χ0n) is 10.9. The van der Waals surface area contributed by atoms with Crippen molar-refractivity contribution in [2.45, 2.75) is 13.5 Å². The van der Waals surface area contributed by atoms with E-state index in [4.69, 9.17) is 9.47 Å². The molecule has 0 aliphatic carbocycles. The largest absolute Gasteiger partial charge is 0.488 e. The topological polar surface area (TPSA) is 48.4 Å². The number of hydrogen-bond donors (Lipinski definition) is 0. The lowest BCUT2D eigenvalue weighted by Crippen LogP contribution is -2.09. The maximum absolute atomic E-state index is 11.7. The van der Waals surface area contributed by atoms with E-state index < -0.39 is 5.97 Å². The van der Waals surface area contributed by atoms with E-state index in [0.717, 1.165) is 5.56 Å². The number of benzene rings is 1. The number of carbonyl (C=O) groups excluding carboxylic acids is 1. The van der Waals surface area contributed by atoms with Crippen LogP contribution >= 0.6 is 0 Å². The SMILES string of the molecule is COC(=O)c1c(OCc2ccccc2)ccnc1C. The van der Waals surface area contributed by atoms with Gasteiger partial charge in [-0.1, -0.05) is 30.3 Å². The van der Waals surface area contributed by atoms with Crippen LogP contribution in [0.1, 0.15) is 21.6 Å². The van der Waals surface area contributed by atoms with Crippen molar-refractivity contribution in [3.63, 3.8) is 0 Å². The second-order valence-electron chi connectivity index (χ2n) is 4.04. The van der Waals surface area contributed by atoms with Gasteiger partial charge in [-0.3, -0.25) is 4.98 Å². The summed E-state index contributed by atoms with van der Waals surface area (Å²) < 4.78 is 10.4. The summed E-state index contributed by atoms with van der Waals surface area (Å²) in [6, 6.07) is 11.4. The highest BCUT2D eigenvalue weighted by Crippen LogP contribution is 2.22. The molecule has 0 atom stereocenters. The highest BCUT2D eigenvalue weighted by atomic mass is 16.5. The molecule has 98 valence electrons. The summed E-state index contributed by atoms with van der Waals surface area (Å²) in [5.74, 6) is 0.0527. The molecule has 2 rings (SSSR count). The van der Waals surface area contributed by atoms with Gasteiger partial charge in [-0.15, -0.1) is 0 Å². The normalized spacial score (nSPS) is 10.0. The molecule has 0 saturated carbocycles. The Morgan fingerprint density at radius 2 is 1.95 bits per heavy atom. The van der Waals surface area contributed by atoms with E-state index in [0.29, 0.717) is 23.6 Å². The van der Waals surface area contributed by atoms with E-state index in [9.17, 15) is 4.79 Å². The minimum atomic E-state index is -0.436. The van der Waals surface area contributed by atoms with Crippen molar-refractivity contribution in [3.8, 4) is 5.75 Å². The van der Waals surface area contributed by atoms with Crippen LogP contribution < -0.4 is 4.74 Å². The highest BCUT2D eigenvalue weighted by molar-refractivity contribution is 5.93. The number of aromatic nitrogens is 1. The number of ether oxygens (including phenoxy) is 2. The molecule has 0 aliphatic heterocycles. The quantitative estimate of drug-likeness (QED) is 0.790. The molecule has 0 bridgehead atoms. The molecule has 0 spiro atoms. The molecule has 1 heterocycles. The second kappa shape index (κ2) is 6.00. The number of carbonyl (C=O) groups is 1. The Labute approximate surface area is 112 Å². The third kappa shape index (κ3) is 3.10. The zero-order valence-corrected chi connectivity index (χ0v) is 10.9. The second-order valence-corrected chi connectivity index (χ2v) is 4.04. The van der Waals surface area contributed by atoms with Crippen LogP contribution in [-0.4, -0.2) is 18.1 Å². The van der Waals surface area contributed by atoms with Crippen molar-refractivity contribution in [2.75, 3.05) is 7.11 Å². The average Bonchev–Trinajstić information content (AvgIpc) is 2.45. The third-order valence-electron chi connectivity index (χ3n) is 2.73. The van der Waals surface area contributed by atoms with Crippen LogP contribution in [0.2, 0.25) is 0 Å². The molecular formula is C15H15NO3.